The largest absolute Gasteiger partial charge is 0.439 e. The smallest absolute Gasteiger partial charge is 0.255 e. The summed E-state index contributed by atoms with van der Waals surface area (Å²) in [7, 11) is -1.98. The Morgan fingerprint density at radius 2 is 2.00 bits per heavy atom. The Kier molecular flexibility index (Phi) is 2.61. The van der Waals surface area contributed by atoms with E-state index in [1.165, 1.54) is 29.5 Å². The number of aromatic nitrogens is 3. The number of rotatable bonds is 3. The van der Waals surface area contributed by atoms with Gasteiger partial charge in [-0.3, -0.25) is 4.68 Å². The number of aryl methyl sites for hydroxylation is 1. The molecule has 0 N–H and O–H groups in total. The van der Waals surface area contributed by atoms with Crippen LogP contribution in [0.15, 0.2) is 47.9 Å². The van der Waals surface area contributed by atoms with E-state index in [1.807, 2.05) is 0 Å². The fourth-order valence-corrected chi connectivity index (χ4v) is 2.10. The molecular formula is C9H10N4O2S. The van der Waals surface area contributed by atoms with Crippen molar-refractivity contribution < 1.29 is 13.1 Å². The maximum atomic E-state index is 11.8. The third kappa shape index (κ3) is 2.19. The first-order valence-electron chi connectivity index (χ1n) is 4.51. The summed E-state index contributed by atoms with van der Waals surface area (Å²) in [6.45, 7) is 0. The van der Waals surface area contributed by atoms with Gasteiger partial charge in [-0.05, 0) is 12.1 Å². The highest BCUT2D eigenvalue weighted by Crippen LogP contribution is 2.12. The minimum atomic E-state index is -3.67. The second kappa shape index (κ2) is 3.93. The van der Waals surface area contributed by atoms with Crippen LogP contribution in [0.25, 0.3) is 4.83 Å². The van der Waals surface area contributed by atoms with E-state index in [0.717, 1.165) is 4.68 Å². The molecule has 0 amide bonds. The summed E-state index contributed by atoms with van der Waals surface area (Å²) >= 11 is 0. The van der Waals surface area contributed by atoms with Crippen LogP contribution in [-0.2, 0) is 17.1 Å². The van der Waals surface area contributed by atoms with Gasteiger partial charge in [0.25, 0.3) is 6.33 Å². The van der Waals surface area contributed by atoms with Crippen molar-refractivity contribution in [2.24, 2.45) is 7.05 Å². The van der Waals surface area contributed by atoms with E-state index >= 15 is 0 Å². The topological polar surface area (TPSA) is 69.9 Å². The van der Waals surface area contributed by atoms with Crippen LogP contribution < -0.4 is 4.68 Å². The molecule has 0 saturated carbocycles. The molecular weight excluding hydrogens is 228 g/mol. The van der Waals surface area contributed by atoms with Crippen LogP contribution in [0.5, 0.6) is 0 Å². The summed E-state index contributed by atoms with van der Waals surface area (Å²) in [6, 6.07) is 8.04. The summed E-state index contributed by atoms with van der Waals surface area (Å²) in [5.41, 5.74) is 0. The Morgan fingerprint density at radius 3 is 2.56 bits per heavy atom. The first kappa shape index (κ1) is 10.6. The fraction of sp³-hybridized carbons (Fsp3) is 0.111. The molecule has 0 unspecified atom stereocenters. The van der Waals surface area contributed by atoms with Crippen molar-refractivity contribution in [1.82, 2.24) is 9.78 Å². The summed E-state index contributed by atoms with van der Waals surface area (Å²) in [4.78, 5) is 3.75. The zero-order valence-corrected chi connectivity index (χ0v) is 9.37. The molecule has 0 atom stereocenters. The average molecular weight is 238 g/mol. The number of nitrogens with zero attached hydrogens (tertiary/aromatic N) is 4. The van der Waals surface area contributed by atoms with Crippen molar-refractivity contribution >= 4 is 10.0 Å². The lowest BCUT2D eigenvalue weighted by Gasteiger charge is -2.16. The molecule has 0 bridgehead atoms. The van der Waals surface area contributed by atoms with Gasteiger partial charge in [0.15, 0.2) is 0 Å². The van der Waals surface area contributed by atoms with E-state index < -0.39 is 10.0 Å². The molecule has 0 aliphatic rings. The standard InChI is InChI=1S/C9H10N4O2S/c1-12-8-13(7-10-12)11-16(14,15)9-5-3-2-4-6-9/h2-8H,1H3. The van der Waals surface area contributed by atoms with E-state index in [2.05, 4.69) is 9.93 Å². The van der Waals surface area contributed by atoms with Crippen LogP contribution in [0.1, 0.15) is 0 Å². The molecule has 2 aromatic rings. The van der Waals surface area contributed by atoms with Crippen LogP contribution in [0.2, 0.25) is 0 Å². The van der Waals surface area contributed by atoms with Gasteiger partial charge in [0.1, 0.15) is 10.0 Å². The van der Waals surface area contributed by atoms with E-state index in [1.54, 1.807) is 25.2 Å². The molecule has 0 aliphatic carbocycles. The van der Waals surface area contributed by atoms with Gasteiger partial charge >= 0.3 is 0 Å². The van der Waals surface area contributed by atoms with Crippen molar-refractivity contribution in [2.45, 2.75) is 4.90 Å². The van der Waals surface area contributed by atoms with Crippen molar-refractivity contribution in [2.75, 3.05) is 0 Å². The van der Waals surface area contributed by atoms with Gasteiger partial charge in [0.05, 0.1) is 11.9 Å². The molecule has 7 heteroatoms. The predicted molar refractivity (Wildman–Crippen MR) is 55.8 cm³/mol. The van der Waals surface area contributed by atoms with Crippen LogP contribution in [-0.4, -0.2) is 18.2 Å². The molecule has 84 valence electrons. The second-order valence-electron chi connectivity index (χ2n) is 3.17. The minimum Gasteiger partial charge on any atom is -0.439 e. The third-order valence-corrected chi connectivity index (χ3v) is 3.15. The van der Waals surface area contributed by atoms with Gasteiger partial charge in [-0.2, -0.15) is 0 Å². The minimum absolute atomic E-state index is 0.159. The van der Waals surface area contributed by atoms with E-state index in [4.69, 9.17) is 0 Å². The van der Waals surface area contributed by atoms with Gasteiger partial charge in [-0.25, -0.2) is 8.42 Å². The van der Waals surface area contributed by atoms with Crippen LogP contribution in [0.4, 0.5) is 0 Å². The van der Waals surface area contributed by atoms with Gasteiger partial charge in [0.2, 0.25) is 6.33 Å². The molecule has 1 heterocycles. The van der Waals surface area contributed by atoms with Crippen LogP contribution in [0.3, 0.4) is 0 Å². The molecule has 0 aliphatic heterocycles. The quantitative estimate of drug-likeness (QED) is 0.719. The highest BCUT2D eigenvalue weighted by molar-refractivity contribution is 7.93. The normalized spacial score (nSPS) is 11.3. The lowest BCUT2D eigenvalue weighted by atomic mass is 10.4. The van der Waals surface area contributed by atoms with Gasteiger partial charge in [-0.15, -0.1) is 4.68 Å². The van der Waals surface area contributed by atoms with E-state index in [-0.39, 0.29) is 4.90 Å². The van der Waals surface area contributed by atoms with Crippen molar-refractivity contribution in [3.63, 3.8) is 0 Å². The molecule has 1 aromatic heterocycles. The number of benzene rings is 1. The molecule has 0 radical (unpaired) electrons. The summed E-state index contributed by atoms with van der Waals surface area (Å²) in [5.74, 6) is 0. The number of hydrogen-bond donors (Lipinski definition) is 0. The highest BCUT2D eigenvalue weighted by Gasteiger charge is 2.05. The molecule has 16 heavy (non-hydrogen) atoms. The van der Waals surface area contributed by atoms with Crippen molar-refractivity contribution in [3.8, 4) is 0 Å². The van der Waals surface area contributed by atoms with Crippen LogP contribution in [0, 0.1) is 0 Å². The molecule has 1 aromatic carbocycles. The summed E-state index contributed by atoms with van der Waals surface area (Å²) in [5, 5.41) is 3.82. The first-order chi connectivity index (χ1) is 7.58. The first-order valence-corrected chi connectivity index (χ1v) is 5.95. The van der Waals surface area contributed by atoms with Crippen molar-refractivity contribution in [3.05, 3.63) is 47.8 Å². The van der Waals surface area contributed by atoms with Gasteiger partial charge in [0, 0.05) is 5.10 Å². The average Bonchev–Trinajstić information content (AvgIpc) is 2.64. The Morgan fingerprint density at radius 1 is 1.31 bits per heavy atom. The van der Waals surface area contributed by atoms with Gasteiger partial charge in [-0.1, -0.05) is 18.2 Å². The SMILES string of the molecule is Cn1c[n+]([N-]S(=O)(=O)c2ccccc2)cn1. The Labute approximate surface area is 93.2 Å². The monoisotopic (exact) mass is 238 g/mol. The number of hydrogen-bond acceptors (Lipinski definition) is 3. The highest BCUT2D eigenvalue weighted by atomic mass is 32.2. The van der Waals surface area contributed by atoms with Gasteiger partial charge < -0.3 is 4.83 Å². The molecule has 0 fully saturated rings. The predicted octanol–water partition coefficient (Wildman–Crippen LogP) is 0.233. The second-order valence-corrected chi connectivity index (χ2v) is 4.75. The maximum absolute atomic E-state index is 11.8. The Hall–Kier alpha value is -1.89. The summed E-state index contributed by atoms with van der Waals surface area (Å²) in [6.07, 6.45) is 2.78. The lowest BCUT2D eigenvalue weighted by Crippen LogP contribution is -2.29. The lowest BCUT2D eigenvalue weighted by molar-refractivity contribution is -0.614. The summed E-state index contributed by atoms with van der Waals surface area (Å²) < 4.78 is 26.2. The molecule has 6 nitrogen and oxygen atoms in total. The number of sulfonamides is 1. The Bertz CT molecular complexity index is 577. The maximum Gasteiger partial charge on any atom is 0.255 e. The van der Waals surface area contributed by atoms with Crippen molar-refractivity contribution in [1.29, 1.82) is 0 Å². The fourth-order valence-electron chi connectivity index (χ4n) is 1.17. The van der Waals surface area contributed by atoms with Crippen LogP contribution >= 0.6 is 0 Å². The molecule has 2 rings (SSSR count). The van der Waals surface area contributed by atoms with E-state index in [0.29, 0.717) is 0 Å². The molecule has 0 saturated heterocycles. The van der Waals surface area contributed by atoms with E-state index in [9.17, 15) is 8.42 Å². The molecule has 0 spiro atoms. The Balaban J connectivity index is 2.28. The third-order valence-electron chi connectivity index (χ3n) is 1.88. The zero-order valence-electron chi connectivity index (χ0n) is 8.56. The zero-order chi connectivity index (χ0) is 11.6.